The molecule has 0 heterocycles. The van der Waals surface area contributed by atoms with Gasteiger partial charge in [0.05, 0.1) is 4.90 Å². The summed E-state index contributed by atoms with van der Waals surface area (Å²) in [6.45, 7) is 8.78. The summed E-state index contributed by atoms with van der Waals surface area (Å²) in [6.07, 6.45) is 2.33. The van der Waals surface area contributed by atoms with Crippen LogP contribution in [0.2, 0.25) is 0 Å². The number of nitrogens with one attached hydrogen (secondary N) is 1. The predicted molar refractivity (Wildman–Crippen MR) is 93.9 cm³/mol. The van der Waals surface area contributed by atoms with E-state index < -0.39 is 10.0 Å². The molecule has 0 fully saturated rings. The van der Waals surface area contributed by atoms with Crippen LogP contribution in [-0.2, 0) is 14.8 Å². The Bertz CT molecular complexity index is 591. The zero-order valence-electron chi connectivity index (χ0n) is 14.5. The molecule has 1 amide bonds. The number of carbonyl (C=O) groups is 1. The summed E-state index contributed by atoms with van der Waals surface area (Å²) in [5, 5.41) is 2.80. The molecule has 1 N–H and O–H groups in total. The second-order valence-electron chi connectivity index (χ2n) is 5.73. The summed E-state index contributed by atoms with van der Waals surface area (Å²) in [5.74, 6) is -0.121. The third-order valence-corrected chi connectivity index (χ3v) is 5.68. The normalized spacial score (nSPS) is 13.1. The summed E-state index contributed by atoms with van der Waals surface area (Å²) < 4.78 is 26.8. The summed E-state index contributed by atoms with van der Waals surface area (Å²) in [7, 11) is -3.47. The fraction of sp³-hybridized carbons (Fsp3) is 0.588. The van der Waals surface area contributed by atoms with Crippen LogP contribution in [0.3, 0.4) is 0 Å². The van der Waals surface area contributed by atoms with E-state index in [4.69, 9.17) is 0 Å². The maximum atomic E-state index is 12.6. The minimum atomic E-state index is -3.47. The van der Waals surface area contributed by atoms with Gasteiger partial charge in [-0.25, -0.2) is 8.42 Å². The largest absolute Gasteiger partial charge is 0.326 e. The smallest absolute Gasteiger partial charge is 0.243 e. The standard InChI is InChI=1S/C17H28N2O3S/c1-5-12-19(13-6-2)23(21,22)16-10-8-15(9-11-16)18-17(20)14(4)7-3/h8-11,14H,5-7,12-13H2,1-4H3,(H,18,20)/t14-/m0/s1. The van der Waals surface area contributed by atoms with E-state index in [1.54, 1.807) is 24.3 Å². The Morgan fingerprint density at radius 3 is 2.04 bits per heavy atom. The van der Waals surface area contributed by atoms with Crippen molar-refractivity contribution in [1.82, 2.24) is 4.31 Å². The summed E-state index contributed by atoms with van der Waals surface area (Å²) in [4.78, 5) is 12.1. The number of anilines is 1. The van der Waals surface area contributed by atoms with E-state index >= 15 is 0 Å². The SMILES string of the molecule is CCCN(CCC)S(=O)(=O)c1ccc(NC(=O)[C@@H](C)CC)cc1. The minimum absolute atomic E-state index is 0.0540. The Hall–Kier alpha value is -1.40. The van der Waals surface area contributed by atoms with Gasteiger partial charge in [0.1, 0.15) is 0 Å². The molecular formula is C17H28N2O3S. The molecule has 1 atom stereocenters. The van der Waals surface area contributed by atoms with Gasteiger partial charge in [0.15, 0.2) is 0 Å². The van der Waals surface area contributed by atoms with Gasteiger partial charge in [-0.3, -0.25) is 4.79 Å². The first kappa shape index (κ1) is 19.6. The summed E-state index contributed by atoms with van der Waals surface area (Å²) >= 11 is 0. The highest BCUT2D eigenvalue weighted by molar-refractivity contribution is 7.89. The first-order valence-electron chi connectivity index (χ1n) is 8.27. The first-order chi connectivity index (χ1) is 10.9. The van der Waals surface area contributed by atoms with Crippen LogP contribution in [0.25, 0.3) is 0 Å². The van der Waals surface area contributed by atoms with Crippen LogP contribution in [-0.4, -0.2) is 31.7 Å². The topological polar surface area (TPSA) is 66.5 Å². The highest BCUT2D eigenvalue weighted by Crippen LogP contribution is 2.19. The van der Waals surface area contributed by atoms with E-state index in [0.29, 0.717) is 18.8 Å². The molecule has 0 saturated carbocycles. The molecule has 0 aliphatic carbocycles. The van der Waals surface area contributed by atoms with E-state index in [1.165, 1.54) is 4.31 Å². The Kier molecular flexibility index (Phi) is 7.72. The van der Waals surface area contributed by atoms with E-state index in [-0.39, 0.29) is 16.7 Å². The molecule has 1 rings (SSSR count). The van der Waals surface area contributed by atoms with Crippen LogP contribution in [0.1, 0.15) is 47.0 Å². The van der Waals surface area contributed by atoms with Gasteiger partial charge < -0.3 is 5.32 Å². The molecule has 1 aromatic carbocycles. The highest BCUT2D eigenvalue weighted by Gasteiger charge is 2.23. The van der Waals surface area contributed by atoms with Crippen molar-refractivity contribution < 1.29 is 13.2 Å². The molecule has 23 heavy (non-hydrogen) atoms. The maximum absolute atomic E-state index is 12.6. The van der Waals surface area contributed by atoms with Crippen LogP contribution >= 0.6 is 0 Å². The van der Waals surface area contributed by atoms with Crippen molar-refractivity contribution in [1.29, 1.82) is 0 Å². The number of nitrogens with zero attached hydrogens (tertiary/aromatic N) is 1. The lowest BCUT2D eigenvalue weighted by atomic mass is 10.1. The Morgan fingerprint density at radius 2 is 1.61 bits per heavy atom. The quantitative estimate of drug-likeness (QED) is 0.748. The van der Waals surface area contributed by atoms with E-state index in [0.717, 1.165) is 19.3 Å². The second-order valence-corrected chi connectivity index (χ2v) is 7.66. The molecule has 1 aromatic rings. The maximum Gasteiger partial charge on any atom is 0.243 e. The number of sulfonamides is 1. The third-order valence-electron chi connectivity index (χ3n) is 3.77. The average molecular weight is 340 g/mol. The Balaban J connectivity index is 2.91. The molecule has 6 heteroatoms. The van der Waals surface area contributed by atoms with Gasteiger partial charge >= 0.3 is 0 Å². The molecule has 0 aliphatic heterocycles. The van der Waals surface area contributed by atoms with Gasteiger partial charge in [0, 0.05) is 24.7 Å². The van der Waals surface area contributed by atoms with E-state index in [2.05, 4.69) is 5.32 Å². The van der Waals surface area contributed by atoms with Gasteiger partial charge in [-0.15, -0.1) is 0 Å². The van der Waals surface area contributed by atoms with Crippen molar-refractivity contribution in [2.45, 2.75) is 51.9 Å². The third kappa shape index (κ3) is 5.32. The minimum Gasteiger partial charge on any atom is -0.326 e. The number of amides is 1. The lowest BCUT2D eigenvalue weighted by Crippen LogP contribution is -2.32. The van der Waals surface area contributed by atoms with Gasteiger partial charge in [-0.1, -0.05) is 27.7 Å². The average Bonchev–Trinajstić information content (AvgIpc) is 2.54. The molecule has 130 valence electrons. The zero-order chi connectivity index (χ0) is 17.5. The molecule has 0 radical (unpaired) electrons. The first-order valence-corrected chi connectivity index (χ1v) is 9.71. The monoisotopic (exact) mass is 340 g/mol. The number of hydrogen-bond donors (Lipinski definition) is 1. The molecule has 0 bridgehead atoms. The summed E-state index contributed by atoms with van der Waals surface area (Å²) in [5.41, 5.74) is 0.617. The predicted octanol–water partition coefficient (Wildman–Crippen LogP) is 3.48. The van der Waals surface area contributed by atoms with Crippen LogP contribution in [0.15, 0.2) is 29.2 Å². The van der Waals surface area contributed by atoms with Crippen LogP contribution in [0.4, 0.5) is 5.69 Å². The van der Waals surface area contributed by atoms with Gasteiger partial charge in [-0.2, -0.15) is 4.31 Å². The van der Waals surface area contributed by atoms with Gasteiger partial charge in [0.25, 0.3) is 0 Å². The van der Waals surface area contributed by atoms with Crippen molar-refractivity contribution in [3.8, 4) is 0 Å². The molecule has 0 saturated heterocycles. The van der Waals surface area contributed by atoms with Gasteiger partial charge in [-0.05, 0) is 43.5 Å². The lowest BCUT2D eigenvalue weighted by molar-refractivity contribution is -0.119. The van der Waals surface area contributed by atoms with Crippen molar-refractivity contribution in [3.05, 3.63) is 24.3 Å². The fourth-order valence-electron chi connectivity index (χ4n) is 2.16. The molecule has 0 unspecified atom stereocenters. The lowest BCUT2D eigenvalue weighted by Gasteiger charge is -2.21. The van der Waals surface area contributed by atoms with E-state index in [1.807, 2.05) is 27.7 Å². The van der Waals surface area contributed by atoms with Crippen LogP contribution in [0, 0.1) is 5.92 Å². The number of carbonyl (C=O) groups excluding carboxylic acids is 1. The Morgan fingerprint density at radius 1 is 1.09 bits per heavy atom. The van der Waals surface area contributed by atoms with Crippen molar-refractivity contribution >= 4 is 21.6 Å². The second kappa shape index (κ2) is 9.03. The highest BCUT2D eigenvalue weighted by atomic mass is 32.2. The molecule has 5 nitrogen and oxygen atoms in total. The number of rotatable bonds is 9. The molecular weight excluding hydrogens is 312 g/mol. The zero-order valence-corrected chi connectivity index (χ0v) is 15.3. The van der Waals surface area contributed by atoms with Crippen molar-refractivity contribution in [2.75, 3.05) is 18.4 Å². The fourth-order valence-corrected chi connectivity index (χ4v) is 3.79. The number of benzene rings is 1. The molecule has 0 aromatic heterocycles. The van der Waals surface area contributed by atoms with Crippen LogP contribution in [0.5, 0.6) is 0 Å². The molecule has 0 spiro atoms. The van der Waals surface area contributed by atoms with Crippen molar-refractivity contribution in [2.24, 2.45) is 5.92 Å². The summed E-state index contributed by atoms with van der Waals surface area (Å²) in [6, 6.07) is 6.40. The Labute approximate surface area is 140 Å². The van der Waals surface area contributed by atoms with E-state index in [9.17, 15) is 13.2 Å². The molecule has 0 aliphatic rings. The number of hydrogen-bond acceptors (Lipinski definition) is 3. The van der Waals surface area contributed by atoms with Crippen LogP contribution < -0.4 is 5.32 Å². The van der Waals surface area contributed by atoms with Crippen molar-refractivity contribution in [3.63, 3.8) is 0 Å². The van der Waals surface area contributed by atoms with Gasteiger partial charge in [0.2, 0.25) is 15.9 Å².